The molecule has 1 heterocycles. The SMILES string of the molecule is CCc1ccc(C(C=NC)NC(=O)C(N)=CN(N)CCNC(=O)c2ccc(OC)nn2)cc1. The van der Waals surface area contributed by atoms with Crippen LogP contribution < -0.4 is 26.9 Å². The van der Waals surface area contributed by atoms with Crippen LogP contribution in [0.3, 0.4) is 0 Å². The number of hydrogen-bond donors (Lipinski definition) is 4. The highest BCUT2D eigenvalue weighted by molar-refractivity contribution is 5.94. The topological polar surface area (TPSA) is 161 Å². The Balaban J connectivity index is 1.88. The number of carbonyl (C=O) groups is 2. The minimum Gasteiger partial charge on any atom is -0.480 e. The number of hydrogen-bond acceptors (Lipinski definition) is 9. The van der Waals surface area contributed by atoms with Crippen LogP contribution in [-0.4, -0.2) is 60.5 Å². The number of rotatable bonds is 11. The van der Waals surface area contributed by atoms with E-state index in [-0.39, 0.29) is 24.5 Å². The van der Waals surface area contributed by atoms with Gasteiger partial charge in [-0.25, -0.2) is 5.84 Å². The molecule has 0 saturated carbocycles. The van der Waals surface area contributed by atoms with Crippen LogP contribution in [-0.2, 0) is 11.2 Å². The molecular formula is C22H30N8O3. The molecule has 0 aliphatic carbocycles. The second kappa shape index (κ2) is 12.8. The van der Waals surface area contributed by atoms with Gasteiger partial charge in [0, 0.05) is 32.1 Å². The standard InChI is InChI=1S/C22H30N8O3/c1-4-15-5-7-16(8-6-15)19(13-25-2)27-21(31)17(23)14-30(24)12-11-26-22(32)18-9-10-20(33-3)29-28-18/h5-10,13-14,19H,4,11-12,23-24H2,1-3H3,(H,26,32)(H,27,31). The zero-order chi connectivity index (χ0) is 24.2. The summed E-state index contributed by atoms with van der Waals surface area (Å²) in [5.41, 5.74) is 8.04. The highest BCUT2D eigenvalue weighted by atomic mass is 16.5. The lowest BCUT2D eigenvalue weighted by Gasteiger charge is -2.18. The molecular weight excluding hydrogens is 424 g/mol. The summed E-state index contributed by atoms with van der Waals surface area (Å²) in [4.78, 5) is 28.6. The van der Waals surface area contributed by atoms with Crippen molar-refractivity contribution in [2.45, 2.75) is 19.4 Å². The summed E-state index contributed by atoms with van der Waals surface area (Å²) in [7, 11) is 3.09. The Kier molecular flexibility index (Phi) is 9.78. The highest BCUT2D eigenvalue weighted by Crippen LogP contribution is 2.13. The van der Waals surface area contributed by atoms with Gasteiger partial charge >= 0.3 is 0 Å². The third-order valence-corrected chi connectivity index (χ3v) is 4.64. The van der Waals surface area contributed by atoms with Crippen LogP contribution in [0, 0.1) is 0 Å². The van der Waals surface area contributed by atoms with E-state index in [0.717, 1.165) is 12.0 Å². The van der Waals surface area contributed by atoms with Gasteiger partial charge in [0.05, 0.1) is 19.7 Å². The molecule has 0 bridgehead atoms. The predicted molar refractivity (Wildman–Crippen MR) is 125 cm³/mol. The summed E-state index contributed by atoms with van der Waals surface area (Å²) in [5.74, 6) is 5.29. The fourth-order valence-electron chi connectivity index (χ4n) is 2.78. The molecule has 2 rings (SSSR count). The second-order valence-electron chi connectivity index (χ2n) is 6.99. The maximum Gasteiger partial charge on any atom is 0.271 e. The van der Waals surface area contributed by atoms with Crippen molar-refractivity contribution >= 4 is 18.0 Å². The van der Waals surface area contributed by atoms with E-state index in [1.54, 1.807) is 13.3 Å². The van der Waals surface area contributed by atoms with Crippen LogP contribution in [0.4, 0.5) is 0 Å². The monoisotopic (exact) mass is 454 g/mol. The van der Waals surface area contributed by atoms with Gasteiger partial charge in [0.1, 0.15) is 5.70 Å². The third-order valence-electron chi connectivity index (χ3n) is 4.64. The molecule has 33 heavy (non-hydrogen) atoms. The van der Waals surface area contributed by atoms with Gasteiger partial charge in [0.2, 0.25) is 5.88 Å². The Morgan fingerprint density at radius 2 is 1.94 bits per heavy atom. The Morgan fingerprint density at radius 3 is 2.52 bits per heavy atom. The minimum atomic E-state index is -0.493. The molecule has 0 saturated heterocycles. The summed E-state index contributed by atoms with van der Waals surface area (Å²) in [6.45, 7) is 2.48. The molecule has 1 unspecified atom stereocenters. The maximum atomic E-state index is 12.5. The van der Waals surface area contributed by atoms with Gasteiger partial charge < -0.3 is 26.1 Å². The van der Waals surface area contributed by atoms with E-state index in [2.05, 4.69) is 32.7 Å². The number of hydrazine groups is 1. The quantitative estimate of drug-likeness (QED) is 0.163. The van der Waals surface area contributed by atoms with Crippen LogP contribution in [0.1, 0.15) is 34.6 Å². The van der Waals surface area contributed by atoms with Gasteiger partial charge in [-0.3, -0.25) is 14.6 Å². The second-order valence-corrected chi connectivity index (χ2v) is 6.99. The van der Waals surface area contributed by atoms with Crippen molar-refractivity contribution in [3.63, 3.8) is 0 Å². The largest absolute Gasteiger partial charge is 0.480 e. The first-order valence-electron chi connectivity index (χ1n) is 10.3. The summed E-state index contributed by atoms with van der Waals surface area (Å²) in [6, 6.07) is 10.5. The average Bonchev–Trinajstić information content (AvgIpc) is 2.83. The van der Waals surface area contributed by atoms with Crippen molar-refractivity contribution in [3.8, 4) is 5.88 Å². The molecule has 2 amide bonds. The van der Waals surface area contributed by atoms with Gasteiger partial charge in [-0.15, -0.1) is 10.2 Å². The molecule has 6 N–H and O–H groups in total. The Morgan fingerprint density at radius 1 is 1.21 bits per heavy atom. The molecule has 1 atom stereocenters. The van der Waals surface area contributed by atoms with Crippen molar-refractivity contribution in [1.82, 2.24) is 25.8 Å². The Bertz CT molecular complexity index is 974. The smallest absolute Gasteiger partial charge is 0.271 e. The lowest BCUT2D eigenvalue weighted by Crippen LogP contribution is -2.39. The number of aryl methyl sites for hydroxylation is 1. The van der Waals surface area contributed by atoms with Gasteiger partial charge in [-0.2, -0.15) is 0 Å². The van der Waals surface area contributed by atoms with Crippen molar-refractivity contribution < 1.29 is 14.3 Å². The van der Waals surface area contributed by atoms with E-state index >= 15 is 0 Å². The van der Waals surface area contributed by atoms with Crippen LogP contribution in [0.25, 0.3) is 0 Å². The van der Waals surface area contributed by atoms with Crippen LogP contribution in [0.15, 0.2) is 53.3 Å². The molecule has 1 aromatic heterocycles. The third kappa shape index (κ3) is 7.89. The maximum absolute atomic E-state index is 12.5. The summed E-state index contributed by atoms with van der Waals surface area (Å²) in [6.07, 6.45) is 3.86. The molecule has 176 valence electrons. The van der Waals surface area contributed by atoms with Gasteiger partial charge in [-0.1, -0.05) is 31.2 Å². The molecule has 2 aromatic rings. The number of nitrogens with one attached hydrogen (secondary N) is 2. The van der Waals surface area contributed by atoms with E-state index in [1.165, 1.54) is 36.0 Å². The van der Waals surface area contributed by atoms with Crippen molar-refractivity contribution in [2.24, 2.45) is 16.6 Å². The number of benzene rings is 1. The zero-order valence-electron chi connectivity index (χ0n) is 19.0. The minimum absolute atomic E-state index is 0.0791. The number of carbonyl (C=O) groups excluding carboxylic acids is 2. The van der Waals surface area contributed by atoms with Gasteiger partial charge in [0.15, 0.2) is 5.69 Å². The van der Waals surface area contributed by atoms with E-state index in [9.17, 15) is 9.59 Å². The number of aliphatic imine (C=N–C) groups is 1. The van der Waals surface area contributed by atoms with Crippen LogP contribution in [0.5, 0.6) is 5.88 Å². The van der Waals surface area contributed by atoms with Crippen molar-refractivity contribution in [3.05, 3.63) is 65.1 Å². The number of ether oxygens (including phenoxy) is 1. The van der Waals surface area contributed by atoms with E-state index < -0.39 is 17.9 Å². The van der Waals surface area contributed by atoms with E-state index in [0.29, 0.717) is 5.88 Å². The first-order chi connectivity index (χ1) is 15.9. The average molecular weight is 455 g/mol. The number of amides is 2. The molecule has 11 nitrogen and oxygen atoms in total. The summed E-state index contributed by atoms with van der Waals surface area (Å²) in [5, 5.41) is 14.2. The highest BCUT2D eigenvalue weighted by Gasteiger charge is 2.15. The number of nitrogens with two attached hydrogens (primary N) is 2. The van der Waals surface area contributed by atoms with Crippen LogP contribution >= 0.6 is 0 Å². The molecule has 0 fully saturated rings. The van der Waals surface area contributed by atoms with Gasteiger partial charge in [0.25, 0.3) is 11.8 Å². The fraction of sp³-hybridized carbons (Fsp3) is 0.318. The lowest BCUT2D eigenvalue weighted by atomic mass is 10.0. The van der Waals surface area contributed by atoms with Crippen molar-refractivity contribution in [1.29, 1.82) is 0 Å². The Labute approximate surface area is 192 Å². The number of nitrogens with zero attached hydrogens (tertiary/aromatic N) is 4. The lowest BCUT2D eigenvalue weighted by molar-refractivity contribution is -0.117. The Hall–Kier alpha value is -3.99. The fourth-order valence-corrected chi connectivity index (χ4v) is 2.78. The summed E-state index contributed by atoms with van der Waals surface area (Å²) >= 11 is 0. The molecule has 1 aromatic carbocycles. The number of methoxy groups -OCH3 is 1. The molecule has 0 radical (unpaired) electrons. The van der Waals surface area contributed by atoms with Gasteiger partial charge in [-0.05, 0) is 23.6 Å². The molecule has 0 spiro atoms. The molecule has 0 aliphatic rings. The molecule has 0 aliphatic heterocycles. The van der Waals surface area contributed by atoms with Crippen LogP contribution in [0.2, 0.25) is 0 Å². The molecule has 11 heteroatoms. The van der Waals surface area contributed by atoms with E-state index in [1.807, 2.05) is 24.3 Å². The normalized spacial score (nSPS) is 12.3. The first-order valence-corrected chi connectivity index (χ1v) is 10.3. The number of aromatic nitrogens is 2. The first kappa shape index (κ1) is 25.3. The predicted octanol–water partition coefficient (Wildman–Crippen LogP) is 0.311. The van der Waals surface area contributed by atoms with E-state index in [4.69, 9.17) is 16.3 Å². The zero-order valence-corrected chi connectivity index (χ0v) is 19.0. The summed E-state index contributed by atoms with van der Waals surface area (Å²) < 4.78 is 4.90. The van der Waals surface area contributed by atoms with Crippen molar-refractivity contribution in [2.75, 3.05) is 27.2 Å².